The quantitative estimate of drug-likeness (QED) is 0.688. The van der Waals surface area contributed by atoms with Gasteiger partial charge in [0, 0.05) is 29.2 Å². The number of nitriles is 1. The second-order valence-electron chi connectivity index (χ2n) is 4.76. The van der Waals surface area contributed by atoms with E-state index >= 15 is 0 Å². The lowest BCUT2D eigenvalue weighted by Gasteiger charge is -2.07. The summed E-state index contributed by atoms with van der Waals surface area (Å²) in [6, 6.07) is 13.7. The Bertz CT molecular complexity index is 874. The maximum absolute atomic E-state index is 13.4. The first-order valence-electron chi connectivity index (χ1n) is 6.44. The predicted molar refractivity (Wildman–Crippen MR) is 77.5 cm³/mol. The largest absolute Gasteiger partial charge is 0.342 e. The van der Waals surface area contributed by atoms with Gasteiger partial charge in [-0.3, -0.25) is 4.79 Å². The average molecular weight is 278 g/mol. The smallest absolute Gasteiger partial charge is 0.152 e. The minimum absolute atomic E-state index is 0.342. The maximum atomic E-state index is 13.4. The molecular weight excluding hydrogens is 267 g/mol. The molecule has 4 heteroatoms. The zero-order chi connectivity index (χ0) is 14.8. The molecule has 0 N–H and O–H groups in total. The first-order valence-corrected chi connectivity index (χ1v) is 6.44. The van der Waals surface area contributed by atoms with E-state index in [4.69, 9.17) is 5.26 Å². The van der Waals surface area contributed by atoms with Crippen molar-refractivity contribution in [1.29, 1.82) is 5.26 Å². The average Bonchev–Trinajstić information content (AvgIpc) is 2.86. The van der Waals surface area contributed by atoms with Gasteiger partial charge in [0.25, 0.3) is 0 Å². The van der Waals surface area contributed by atoms with E-state index in [1.807, 2.05) is 28.8 Å². The van der Waals surface area contributed by atoms with Crippen LogP contribution in [0.25, 0.3) is 10.9 Å². The summed E-state index contributed by atoms with van der Waals surface area (Å²) in [6.45, 7) is 0.342. The van der Waals surface area contributed by atoms with Crippen LogP contribution in [0.3, 0.4) is 0 Å². The van der Waals surface area contributed by atoms with Crippen LogP contribution in [-0.4, -0.2) is 10.9 Å². The van der Waals surface area contributed by atoms with Crippen LogP contribution in [0.4, 0.5) is 4.39 Å². The van der Waals surface area contributed by atoms with Gasteiger partial charge in [0.05, 0.1) is 11.6 Å². The van der Waals surface area contributed by atoms with E-state index < -0.39 is 0 Å². The van der Waals surface area contributed by atoms with Gasteiger partial charge in [-0.1, -0.05) is 18.2 Å². The highest BCUT2D eigenvalue weighted by Gasteiger charge is 2.10. The van der Waals surface area contributed by atoms with Crippen LogP contribution in [0.1, 0.15) is 21.5 Å². The summed E-state index contributed by atoms with van der Waals surface area (Å²) >= 11 is 0. The molecule has 0 saturated carbocycles. The number of carbonyl (C=O) groups excluding carboxylic acids is 1. The zero-order valence-electron chi connectivity index (χ0n) is 11.1. The Kier molecular flexibility index (Phi) is 3.25. The summed E-state index contributed by atoms with van der Waals surface area (Å²) in [5.41, 5.74) is 2.49. The van der Waals surface area contributed by atoms with Crippen molar-refractivity contribution in [2.24, 2.45) is 0 Å². The molecule has 0 saturated heterocycles. The van der Waals surface area contributed by atoms with Crippen molar-refractivity contribution >= 4 is 17.2 Å². The Morgan fingerprint density at radius 3 is 2.81 bits per heavy atom. The number of nitrogens with zero attached hydrogens (tertiary/aromatic N) is 2. The zero-order valence-corrected chi connectivity index (χ0v) is 11.1. The van der Waals surface area contributed by atoms with Gasteiger partial charge < -0.3 is 4.57 Å². The van der Waals surface area contributed by atoms with Gasteiger partial charge in [-0.15, -0.1) is 0 Å². The van der Waals surface area contributed by atoms with E-state index in [9.17, 15) is 9.18 Å². The van der Waals surface area contributed by atoms with E-state index in [0.29, 0.717) is 23.2 Å². The second-order valence-corrected chi connectivity index (χ2v) is 4.76. The van der Waals surface area contributed by atoms with Crippen molar-refractivity contribution in [3.05, 3.63) is 71.2 Å². The maximum Gasteiger partial charge on any atom is 0.152 e. The number of aldehydes is 1. The molecule has 102 valence electrons. The summed E-state index contributed by atoms with van der Waals surface area (Å²) in [5, 5.41) is 9.96. The number of rotatable bonds is 3. The van der Waals surface area contributed by atoms with Gasteiger partial charge in [-0.05, 0) is 29.8 Å². The van der Waals surface area contributed by atoms with Gasteiger partial charge in [0.1, 0.15) is 5.82 Å². The second kappa shape index (κ2) is 5.22. The summed E-state index contributed by atoms with van der Waals surface area (Å²) in [5.74, 6) is -0.379. The lowest BCUT2D eigenvalue weighted by Crippen LogP contribution is -2.01. The molecule has 0 aliphatic carbocycles. The minimum Gasteiger partial charge on any atom is -0.342 e. The van der Waals surface area contributed by atoms with E-state index in [0.717, 1.165) is 17.2 Å². The van der Waals surface area contributed by atoms with Gasteiger partial charge in [-0.25, -0.2) is 4.39 Å². The first-order chi connectivity index (χ1) is 10.2. The number of hydrogen-bond donors (Lipinski definition) is 0. The van der Waals surface area contributed by atoms with Crippen LogP contribution in [0.15, 0.2) is 48.7 Å². The van der Waals surface area contributed by atoms with Crippen LogP contribution < -0.4 is 0 Å². The summed E-state index contributed by atoms with van der Waals surface area (Å²) in [7, 11) is 0. The van der Waals surface area contributed by atoms with Gasteiger partial charge in [-0.2, -0.15) is 5.26 Å². The Morgan fingerprint density at radius 2 is 2.05 bits per heavy atom. The Labute approximate surface area is 120 Å². The third kappa shape index (κ3) is 2.30. The molecule has 21 heavy (non-hydrogen) atoms. The molecule has 0 amide bonds. The minimum atomic E-state index is -0.379. The molecule has 1 heterocycles. The molecule has 3 nitrogen and oxygen atoms in total. The van der Waals surface area contributed by atoms with E-state index in [2.05, 4.69) is 6.07 Å². The molecule has 0 bridgehead atoms. The van der Waals surface area contributed by atoms with Gasteiger partial charge in [0.2, 0.25) is 0 Å². The molecular formula is C17H11FN2O. The number of fused-ring (bicyclic) bond motifs is 1. The molecule has 0 unspecified atom stereocenters. The fourth-order valence-electron chi connectivity index (χ4n) is 2.49. The standard InChI is InChI=1S/C17H11FN2O/c18-15-6-5-12(8-19)13(7-15)9-20-10-14(11-21)16-3-1-2-4-17(16)20/h1-7,10-11H,9H2. The summed E-state index contributed by atoms with van der Waals surface area (Å²) in [4.78, 5) is 11.1. The monoisotopic (exact) mass is 278 g/mol. The van der Waals surface area contributed by atoms with Crippen LogP contribution in [-0.2, 0) is 6.54 Å². The first kappa shape index (κ1) is 13.1. The van der Waals surface area contributed by atoms with E-state index in [1.165, 1.54) is 18.2 Å². The highest BCUT2D eigenvalue weighted by Crippen LogP contribution is 2.22. The van der Waals surface area contributed by atoms with Crippen molar-refractivity contribution in [1.82, 2.24) is 4.57 Å². The highest BCUT2D eigenvalue weighted by atomic mass is 19.1. The number of para-hydroxylation sites is 1. The molecule has 0 aliphatic rings. The Balaban J connectivity index is 2.13. The predicted octanol–water partition coefficient (Wildman–Crippen LogP) is 3.51. The number of carbonyl (C=O) groups is 1. The summed E-state index contributed by atoms with van der Waals surface area (Å²) < 4.78 is 15.3. The molecule has 3 rings (SSSR count). The molecule has 1 aromatic heterocycles. The Morgan fingerprint density at radius 1 is 1.24 bits per heavy atom. The Hall–Kier alpha value is -2.93. The van der Waals surface area contributed by atoms with Crippen molar-refractivity contribution in [2.45, 2.75) is 6.54 Å². The fourth-order valence-corrected chi connectivity index (χ4v) is 2.49. The fraction of sp³-hybridized carbons (Fsp3) is 0.0588. The molecule has 0 spiro atoms. The SMILES string of the molecule is N#Cc1ccc(F)cc1Cn1cc(C=O)c2ccccc21. The molecule has 0 fully saturated rings. The van der Waals surface area contributed by atoms with E-state index in [1.54, 1.807) is 6.20 Å². The molecule has 0 radical (unpaired) electrons. The van der Waals surface area contributed by atoms with Crippen LogP contribution in [0.2, 0.25) is 0 Å². The number of halogens is 1. The van der Waals surface area contributed by atoms with Crippen molar-refractivity contribution in [3.63, 3.8) is 0 Å². The van der Waals surface area contributed by atoms with Crippen LogP contribution >= 0.6 is 0 Å². The third-order valence-corrected chi connectivity index (χ3v) is 3.47. The number of hydrogen-bond acceptors (Lipinski definition) is 2. The van der Waals surface area contributed by atoms with E-state index in [-0.39, 0.29) is 5.82 Å². The third-order valence-electron chi connectivity index (χ3n) is 3.47. The lowest BCUT2D eigenvalue weighted by molar-refractivity contribution is 0.112. The van der Waals surface area contributed by atoms with Gasteiger partial charge >= 0.3 is 0 Å². The molecule has 0 atom stereocenters. The van der Waals surface area contributed by atoms with Crippen molar-refractivity contribution < 1.29 is 9.18 Å². The van der Waals surface area contributed by atoms with Crippen molar-refractivity contribution in [2.75, 3.05) is 0 Å². The summed E-state index contributed by atoms with van der Waals surface area (Å²) in [6.07, 6.45) is 2.53. The normalized spacial score (nSPS) is 10.5. The molecule has 0 aliphatic heterocycles. The molecule has 2 aromatic carbocycles. The number of aromatic nitrogens is 1. The lowest BCUT2D eigenvalue weighted by atomic mass is 10.1. The van der Waals surface area contributed by atoms with Gasteiger partial charge in [0.15, 0.2) is 6.29 Å². The van der Waals surface area contributed by atoms with Crippen LogP contribution in [0, 0.1) is 17.1 Å². The topological polar surface area (TPSA) is 45.8 Å². The highest BCUT2D eigenvalue weighted by molar-refractivity contribution is 5.97. The van der Waals surface area contributed by atoms with Crippen molar-refractivity contribution in [3.8, 4) is 6.07 Å². The number of benzene rings is 2. The molecule has 3 aromatic rings. The van der Waals surface area contributed by atoms with Crippen LogP contribution in [0.5, 0.6) is 0 Å².